The Kier molecular flexibility index (Phi) is 8.66. The Morgan fingerprint density at radius 2 is 1.83 bits per heavy atom. The van der Waals surface area contributed by atoms with E-state index in [9.17, 15) is 14.3 Å². The van der Waals surface area contributed by atoms with E-state index in [1.807, 2.05) is 36.1 Å². The molecule has 0 saturated carbocycles. The van der Waals surface area contributed by atoms with E-state index in [4.69, 9.17) is 14.2 Å². The number of halogens is 2. The summed E-state index contributed by atoms with van der Waals surface area (Å²) in [6.07, 6.45) is 0. The van der Waals surface area contributed by atoms with Crippen molar-refractivity contribution in [2.24, 2.45) is 0 Å². The Hall–Kier alpha value is -3.30. The van der Waals surface area contributed by atoms with Gasteiger partial charge < -0.3 is 29.5 Å². The van der Waals surface area contributed by atoms with Crippen molar-refractivity contribution < 1.29 is 28.5 Å². The van der Waals surface area contributed by atoms with Gasteiger partial charge in [-0.15, -0.1) is 0 Å². The molecule has 0 amide bonds. The number of benzene rings is 3. The summed E-state index contributed by atoms with van der Waals surface area (Å²) >= 11 is 3.58. The van der Waals surface area contributed by atoms with E-state index < -0.39 is 5.97 Å². The van der Waals surface area contributed by atoms with E-state index in [-0.39, 0.29) is 18.0 Å². The molecular weight excluding hydrogens is 531 g/mol. The minimum Gasteiger partial charge on any atom is -0.490 e. The van der Waals surface area contributed by atoms with Crippen LogP contribution in [0, 0.1) is 5.82 Å². The van der Waals surface area contributed by atoms with E-state index in [0.29, 0.717) is 62.3 Å². The van der Waals surface area contributed by atoms with Crippen molar-refractivity contribution in [1.82, 2.24) is 0 Å². The van der Waals surface area contributed by atoms with Gasteiger partial charge in [0.15, 0.2) is 11.5 Å². The maximum atomic E-state index is 13.2. The van der Waals surface area contributed by atoms with Crippen molar-refractivity contribution in [1.29, 1.82) is 0 Å². The number of ether oxygens (including phenoxy) is 3. The lowest BCUT2D eigenvalue weighted by Crippen LogP contribution is -2.37. The van der Waals surface area contributed by atoms with Crippen LogP contribution in [0.4, 0.5) is 15.8 Å². The van der Waals surface area contributed by atoms with Crippen LogP contribution in [0.5, 0.6) is 11.5 Å². The molecule has 2 N–H and O–H groups in total. The number of anilines is 2. The summed E-state index contributed by atoms with van der Waals surface area (Å²) in [7, 11) is 0. The highest BCUT2D eigenvalue weighted by Gasteiger charge is 2.19. The van der Waals surface area contributed by atoms with Crippen molar-refractivity contribution in [2.75, 3.05) is 43.1 Å². The van der Waals surface area contributed by atoms with Gasteiger partial charge in [-0.3, -0.25) is 0 Å². The zero-order chi connectivity index (χ0) is 25.5. The quantitative estimate of drug-likeness (QED) is 0.329. The van der Waals surface area contributed by atoms with Crippen molar-refractivity contribution in [3.05, 3.63) is 81.6 Å². The van der Waals surface area contributed by atoms with Gasteiger partial charge in [-0.2, -0.15) is 0 Å². The Bertz CT molecular complexity index is 1200. The fourth-order valence-electron chi connectivity index (χ4n) is 3.96. The summed E-state index contributed by atoms with van der Waals surface area (Å²) in [5, 5.41) is 13.1. The molecule has 0 bridgehead atoms. The van der Waals surface area contributed by atoms with Crippen molar-refractivity contribution >= 4 is 33.3 Å². The number of carbonyl (C=O) groups is 1. The molecule has 7 nitrogen and oxygen atoms in total. The van der Waals surface area contributed by atoms with Gasteiger partial charge in [0.1, 0.15) is 12.4 Å². The molecule has 0 aliphatic carbocycles. The third kappa shape index (κ3) is 6.47. The van der Waals surface area contributed by atoms with Gasteiger partial charge in [0.25, 0.3) is 0 Å². The van der Waals surface area contributed by atoms with E-state index in [1.165, 1.54) is 12.1 Å². The SMILES string of the molecule is CCOc1cc(CNc2ccc(N3CCOCC3)c(C(=O)O)c2)cc(Br)c1OCc1ccc(F)cc1. The van der Waals surface area contributed by atoms with Crippen LogP contribution in [0.1, 0.15) is 28.4 Å². The number of aromatic carboxylic acids is 1. The van der Waals surface area contributed by atoms with Gasteiger partial charge in [-0.1, -0.05) is 12.1 Å². The molecule has 0 spiro atoms. The lowest BCUT2D eigenvalue weighted by Gasteiger charge is -2.30. The summed E-state index contributed by atoms with van der Waals surface area (Å²) in [5.74, 6) is -0.116. The van der Waals surface area contributed by atoms with Gasteiger partial charge >= 0.3 is 5.97 Å². The van der Waals surface area contributed by atoms with E-state index in [1.54, 1.807) is 18.2 Å². The van der Waals surface area contributed by atoms with Crippen LogP contribution in [-0.4, -0.2) is 44.0 Å². The highest BCUT2D eigenvalue weighted by molar-refractivity contribution is 9.10. The number of nitrogens with zero attached hydrogens (tertiary/aromatic N) is 1. The fraction of sp³-hybridized carbons (Fsp3) is 0.296. The van der Waals surface area contributed by atoms with Crippen LogP contribution < -0.4 is 19.7 Å². The lowest BCUT2D eigenvalue weighted by molar-refractivity contribution is 0.0696. The highest BCUT2D eigenvalue weighted by atomic mass is 79.9. The molecule has 9 heteroatoms. The first-order valence-corrected chi connectivity index (χ1v) is 12.5. The molecule has 1 fully saturated rings. The highest BCUT2D eigenvalue weighted by Crippen LogP contribution is 2.38. The average molecular weight is 559 g/mol. The fourth-order valence-corrected chi connectivity index (χ4v) is 4.57. The monoisotopic (exact) mass is 558 g/mol. The summed E-state index contributed by atoms with van der Waals surface area (Å²) in [4.78, 5) is 14.0. The normalized spacial score (nSPS) is 13.4. The molecule has 1 aliphatic rings. The van der Waals surface area contributed by atoms with Crippen LogP contribution in [-0.2, 0) is 17.9 Å². The van der Waals surface area contributed by atoms with Crippen molar-refractivity contribution in [3.8, 4) is 11.5 Å². The maximum Gasteiger partial charge on any atom is 0.337 e. The van der Waals surface area contributed by atoms with E-state index in [0.717, 1.165) is 15.6 Å². The second-order valence-corrected chi connectivity index (χ2v) is 9.10. The van der Waals surface area contributed by atoms with Crippen LogP contribution in [0.25, 0.3) is 0 Å². The van der Waals surface area contributed by atoms with Gasteiger partial charge in [-0.05, 0) is 76.4 Å². The first-order valence-electron chi connectivity index (χ1n) is 11.7. The minimum atomic E-state index is -0.968. The van der Waals surface area contributed by atoms with E-state index >= 15 is 0 Å². The molecule has 36 heavy (non-hydrogen) atoms. The maximum absolute atomic E-state index is 13.2. The smallest absolute Gasteiger partial charge is 0.337 e. The van der Waals surface area contributed by atoms with Gasteiger partial charge in [-0.25, -0.2) is 9.18 Å². The summed E-state index contributed by atoms with van der Waals surface area (Å²) < 4.78 is 31.1. The molecule has 1 heterocycles. The largest absolute Gasteiger partial charge is 0.490 e. The third-order valence-corrected chi connectivity index (χ3v) is 6.33. The Labute approximate surface area is 217 Å². The van der Waals surface area contributed by atoms with Crippen LogP contribution in [0.2, 0.25) is 0 Å². The van der Waals surface area contributed by atoms with Gasteiger partial charge in [0, 0.05) is 25.3 Å². The predicted octanol–water partition coefficient (Wildman–Crippen LogP) is 5.71. The first kappa shape index (κ1) is 25.8. The second kappa shape index (κ2) is 12.1. The number of carboxylic acids is 1. The lowest BCUT2D eigenvalue weighted by atomic mass is 10.1. The standard InChI is InChI=1S/C27H28BrFN2O5/c1-2-35-25-14-19(13-23(28)26(25)36-17-18-3-5-20(29)6-4-18)16-30-21-7-8-24(22(15-21)27(32)33)31-9-11-34-12-10-31/h3-8,13-15,30H,2,9-12,16-17H2,1H3,(H,32,33). The molecule has 0 unspecified atom stereocenters. The first-order chi connectivity index (χ1) is 17.4. The zero-order valence-corrected chi connectivity index (χ0v) is 21.5. The molecule has 1 aliphatic heterocycles. The number of rotatable bonds is 10. The third-order valence-electron chi connectivity index (χ3n) is 5.74. The topological polar surface area (TPSA) is 80.3 Å². The number of hydrogen-bond donors (Lipinski definition) is 2. The predicted molar refractivity (Wildman–Crippen MR) is 140 cm³/mol. The van der Waals surface area contributed by atoms with Gasteiger partial charge in [0.05, 0.1) is 35.5 Å². The Morgan fingerprint density at radius 1 is 1.08 bits per heavy atom. The Morgan fingerprint density at radius 3 is 2.53 bits per heavy atom. The zero-order valence-electron chi connectivity index (χ0n) is 19.9. The number of hydrogen-bond acceptors (Lipinski definition) is 6. The molecule has 190 valence electrons. The van der Waals surface area contributed by atoms with Crippen molar-refractivity contribution in [3.63, 3.8) is 0 Å². The molecule has 0 atom stereocenters. The van der Waals surface area contributed by atoms with Crippen LogP contribution in [0.15, 0.2) is 59.1 Å². The Balaban J connectivity index is 1.48. The van der Waals surface area contributed by atoms with E-state index in [2.05, 4.69) is 21.2 Å². The molecule has 1 saturated heterocycles. The number of nitrogens with one attached hydrogen (secondary N) is 1. The summed E-state index contributed by atoms with van der Waals surface area (Å²) in [6.45, 7) is 5.57. The van der Waals surface area contributed by atoms with Gasteiger partial charge in [0.2, 0.25) is 0 Å². The molecule has 3 aromatic rings. The molecular formula is C27H28BrFN2O5. The summed E-state index contributed by atoms with van der Waals surface area (Å²) in [5.41, 5.74) is 3.41. The molecule has 0 aromatic heterocycles. The molecule has 4 rings (SSSR count). The van der Waals surface area contributed by atoms with Crippen molar-refractivity contribution in [2.45, 2.75) is 20.1 Å². The van der Waals surface area contributed by atoms with Crippen LogP contribution in [0.3, 0.4) is 0 Å². The minimum absolute atomic E-state index is 0.252. The molecule has 0 radical (unpaired) electrons. The average Bonchev–Trinajstić information content (AvgIpc) is 2.88. The van der Waals surface area contributed by atoms with Crippen LogP contribution >= 0.6 is 15.9 Å². The summed E-state index contributed by atoms with van der Waals surface area (Å²) in [6, 6.07) is 15.4. The number of carboxylic acid groups (broad SMARTS) is 1. The number of morpholine rings is 1. The molecule has 3 aromatic carbocycles. The second-order valence-electron chi connectivity index (χ2n) is 8.24.